The van der Waals surface area contributed by atoms with Crippen LogP contribution in [0.3, 0.4) is 0 Å². The van der Waals surface area contributed by atoms with Crippen molar-refractivity contribution in [2.45, 2.75) is 25.8 Å². The predicted molar refractivity (Wildman–Crippen MR) is 129 cm³/mol. The summed E-state index contributed by atoms with van der Waals surface area (Å²) in [5.41, 5.74) is 6.66. The molecule has 0 saturated heterocycles. The highest BCUT2D eigenvalue weighted by Gasteiger charge is 2.20. The molecule has 0 aromatic heterocycles. The molecule has 1 aliphatic heterocycles. The van der Waals surface area contributed by atoms with Crippen LogP contribution in [0.5, 0.6) is 0 Å². The number of carboxylic acids is 1. The molecule has 0 spiro atoms. The lowest BCUT2D eigenvalue weighted by Gasteiger charge is -2.28. The molecular weight excluding hydrogens is 408 g/mol. The average Bonchev–Trinajstić information content (AvgIpc) is 2.91. The van der Waals surface area contributed by atoms with Gasteiger partial charge in [-0.15, -0.1) is 12.4 Å². The zero-order valence-corrected chi connectivity index (χ0v) is 18.6. The van der Waals surface area contributed by atoms with Crippen molar-refractivity contribution in [1.82, 2.24) is 4.90 Å². The summed E-state index contributed by atoms with van der Waals surface area (Å²) in [7, 11) is 2.06. The first-order valence-electron chi connectivity index (χ1n) is 10.6. The van der Waals surface area contributed by atoms with Crippen LogP contribution in [0.1, 0.15) is 33.5 Å². The fourth-order valence-corrected chi connectivity index (χ4v) is 4.35. The SMILES string of the molecule is CN(CCCN1c2ccccc2CCc2ccccc21)Cc1ccccc1C(=O)O.Cl. The summed E-state index contributed by atoms with van der Waals surface area (Å²) < 4.78 is 0. The maximum Gasteiger partial charge on any atom is 0.336 e. The number of rotatable bonds is 7. The van der Waals surface area contributed by atoms with E-state index in [1.54, 1.807) is 12.1 Å². The largest absolute Gasteiger partial charge is 0.478 e. The van der Waals surface area contributed by atoms with Gasteiger partial charge >= 0.3 is 5.97 Å². The number of hydrogen-bond donors (Lipinski definition) is 1. The molecule has 0 aliphatic carbocycles. The molecule has 0 radical (unpaired) electrons. The minimum Gasteiger partial charge on any atom is -0.478 e. The Kier molecular flexibility index (Phi) is 7.72. The third-order valence-corrected chi connectivity index (χ3v) is 5.84. The van der Waals surface area contributed by atoms with E-state index in [0.29, 0.717) is 12.1 Å². The Morgan fingerprint density at radius 1 is 0.903 bits per heavy atom. The second-order valence-corrected chi connectivity index (χ2v) is 7.96. The molecule has 1 aliphatic rings. The number of para-hydroxylation sites is 2. The van der Waals surface area contributed by atoms with Gasteiger partial charge < -0.3 is 14.9 Å². The predicted octanol–water partition coefficient (Wildman–Crippen LogP) is 5.57. The molecule has 0 unspecified atom stereocenters. The van der Waals surface area contributed by atoms with Crippen LogP contribution in [-0.2, 0) is 19.4 Å². The number of aryl methyl sites for hydroxylation is 2. The number of aromatic carboxylic acids is 1. The fourth-order valence-electron chi connectivity index (χ4n) is 4.35. The number of nitrogens with zero attached hydrogens (tertiary/aromatic N) is 2. The average molecular weight is 437 g/mol. The van der Waals surface area contributed by atoms with Crippen molar-refractivity contribution in [3.05, 3.63) is 95.1 Å². The lowest BCUT2D eigenvalue weighted by molar-refractivity contribution is 0.0694. The minimum absolute atomic E-state index is 0. The summed E-state index contributed by atoms with van der Waals surface area (Å²) >= 11 is 0. The second kappa shape index (κ2) is 10.5. The van der Waals surface area contributed by atoms with Crippen molar-refractivity contribution in [2.75, 3.05) is 25.0 Å². The third kappa shape index (κ3) is 5.27. The fraction of sp³-hybridized carbons (Fsp3) is 0.269. The molecule has 1 heterocycles. The lowest BCUT2D eigenvalue weighted by Crippen LogP contribution is -2.26. The topological polar surface area (TPSA) is 43.8 Å². The monoisotopic (exact) mass is 436 g/mol. The Balaban J connectivity index is 0.00000272. The van der Waals surface area contributed by atoms with Gasteiger partial charge in [-0.3, -0.25) is 0 Å². The van der Waals surface area contributed by atoms with E-state index in [1.165, 1.54) is 22.5 Å². The van der Waals surface area contributed by atoms with Crippen LogP contribution in [0.15, 0.2) is 72.8 Å². The highest BCUT2D eigenvalue weighted by molar-refractivity contribution is 5.89. The van der Waals surface area contributed by atoms with Crippen LogP contribution >= 0.6 is 12.4 Å². The maximum atomic E-state index is 11.5. The van der Waals surface area contributed by atoms with Gasteiger partial charge in [0.15, 0.2) is 0 Å². The van der Waals surface area contributed by atoms with Gasteiger partial charge in [0.2, 0.25) is 0 Å². The molecule has 162 valence electrons. The summed E-state index contributed by atoms with van der Waals surface area (Å²) in [6.07, 6.45) is 3.12. The van der Waals surface area contributed by atoms with Gasteiger partial charge in [-0.1, -0.05) is 54.6 Å². The Hall–Kier alpha value is -2.82. The van der Waals surface area contributed by atoms with Crippen LogP contribution in [0, 0.1) is 0 Å². The minimum atomic E-state index is -0.864. The van der Waals surface area contributed by atoms with Crippen LogP contribution in [-0.4, -0.2) is 36.1 Å². The van der Waals surface area contributed by atoms with Gasteiger partial charge in [-0.25, -0.2) is 4.79 Å². The van der Waals surface area contributed by atoms with Gasteiger partial charge in [-0.2, -0.15) is 0 Å². The molecule has 31 heavy (non-hydrogen) atoms. The van der Waals surface area contributed by atoms with Gasteiger partial charge in [0, 0.05) is 24.5 Å². The van der Waals surface area contributed by atoms with Crippen LogP contribution in [0.4, 0.5) is 11.4 Å². The highest BCUT2D eigenvalue weighted by Crippen LogP contribution is 2.35. The quantitative estimate of drug-likeness (QED) is 0.526. The molecule has 0 fully saturated rings. The number of fused-ring (bicyclic) bond motifs is 2. The zero-order chi connectivity index (χ0) is 20.9. The van der Waals surface area contributed by atoms with E-state index in [-0.39, 0.29) is 12.4 Å². The van der Waals surface area contributed by atoms with E-state index in [0.717, 1.165) is 37.9 Å². The summed E-state index contributed by atoms with van der Waals surface area (Å²) in [5, 5.41) is 9.41. The molecule has 5 heteroatoms. The summed E-state index contributed by atoms with van der Waals surface area (Å²) in [6.45, 7) is 2.46. The number of hydrogen-bond acceptors (Lipinski definition) is 3. The first-order valence-corrected chi connectivity index (χ1v) is 10.6. The van der Waals surface area contributed by atoms with Crippen LogP contribution in [0.2, 0.25) is 0 Å². The lowest BCUT2D eigenvalue weighted by atomic mass is 10.0. The van der Waals surface area contributed by atoms with Crippen LogP contribution < -0.4 is 4.90 Å². The summed E-state index contributed by atoms with van der Waals surface area (Å²) in [6, 6.07) is 24.7. The molecule has 1 N–H and O–H groups in total. The first kappa shape index (κ1) is 22.9. The van der Waals surface area contributed by atoms with E-state index >= 15 is 0 Å². The van der Waals surface area contributed by atoms with Crippen molar-refractivity contribution in [3.63, 3.8) is 0 Å². The molecule has 0 bridgehead atoms. The standard InChI is InChI=1S/C26H28N2O2.ClH/c1-27(19-22-11-2-5-12-23(22)26(29)30)17-8-18-28-24-13-6-3-9-20(24)15-16-21-10-4-7-14-25(21)28;/h2-7,9-14H,8,15-19H2,1H3,(H,29,30);1H. The van der Waals surface area contributed by atoms with Crippen molar-refractivity contribution < 1.29 is 9.90 Å². The summed E-state index contributed by atoms with van der Waals surface area (Å²) in [4.78, 5) is 16.1. The number of carbonyl (C=O) groups is 1. The molecule has 0 amide bonds. The zero-order valence-electron chi connectivity index (χ0n) is 17.8. The second-order valence-electron chi connectivity index (χ2n) is 7.96. The van der Waals surface area contributed by atoms with E-state index in [1.807, 2.05) is 12.1 Å². The van der Waals surface area contributed by atoms with Crippen LogP contribution in [0.25, 0.3) is 0 Å². The number of benzene rings is 3. The van der Waals surface area contributed by atoms with E-state index in [9.17, 15) is 9.90 Å². The van der Waals surface area contributed by atoms with Gasteiger partial charge in [0.25, 0.3) is 0 Å². The molecule has 0 saturated carbocycles. The van der Waals surface area contributed by atoms with Gasteiger partial charge in [-0.05, 0) is 67.7 Å². The van der Waals surface area contributed by atoms with E-state index < -0.39 is 5.97 Å². The Morgan fingerprint density at radius 3 is 2.06 bits per heavy atom. The van der Waals surface area contributed by atoms with E-state index in [2.05, 4.69) is 65.4 Å². The molecular formula is C26H29ClN2O2. The van der Waals surface area contributed by atoms with Crippen molar-refractivity contribution in [2.24, 2.45) is 0 Å². The van der Waals surface area contributed by atoms with Gasteiger partial charge in [0.05, 0.1) is 5.56 Å². The Labute approximate surface area is 190 Å². The molecule has 3 aromatic carbocycles. The van der Waals surface area contributed by atoms with Crippen molar-refractivity contribution in [3.8, 4) is 0 Å². The normalized spacial score (nSPS) is 12.5. The third-order valence-electron chi connectivity index (χ3n) is 5.84. The number of carboxylic acid groups (broad SMARTS) is 1. The smallest absolute Gasteiger partial charge is 0.336 e. The molecule has 0 atom stereocenters. The maximum absolute atomic E-state index is 11.5. The Bertz CT molecular complexity index is 990. The van der Waals surface area contributed by atoms with Crippen molar-refractivity contribution >= 4 is 29.8 Å². The van der Waals surface area contributed by atoms with E-state index in [4.69, 9.17) is 0 Å². The molecule has 3 aromatic rings. The van der Waals surface area contributed by atoms with Gasteiger partial charge in [0.1, 0.15) is 0 Å². The first-order chi connectivity index (χ1) is 14.6. The molecule has 4 nitrogen and oxygen atoms in total. The number of halogens is 1. The van der Waals surface area contributed by atoms with Crippen molar-refractivity contribution in [1.29, 1.82) is 0 Å². The summed E-state index contributed by atoms with van der Waals surface area (Å²) in [5.74, 6) is -0.864. The number of anilines is 2. The molecule has 4 rings (SSSR count). The highest BCUT2D eigenvalue weighted by atomic mass is 35.5. The Morgan fingerprint density at radius 2 is 1.45 bits per heavy atom.